The van der Waals surface area contributed by atoms with E-state index in [1.165, 1.54) is 10.6 Å². The molecule has 1 atom stereocenters. The quantitative estimate of drug-likeness (QED) is 0.425. The van der Waals surface area contributed by atoms with Gasteiger partial charge in [0.25, 0.3) is 0 Å². The number of pyridine rings is 2. The Hall–Kier alpha value is -4.41. The van der Waals surface area contributed by atoms with E-state index in [0.29, 0.717) is 41.1 Å². The first-order valence-corrected chi connectivity index (χ1v) is 10.3. The Morgan fingerprint density at radius 2 is 2.12 bits per heavy atom. The number of H-pyrrole nitrogens is 1. The molecule has 164 valence electrons. The number of imidazole rings is 1. The monoisotopic (exact) mass is 444 g/mol. The third-order valence-electron chi connectivity index (χ3n) is 5.77. The molecule has 0 radical (unpaired) electrons. The molecule has 1 amide bonds. The largest absolute Gasteiger partial charge is 0.412 e. The second-order valence-electron chi connectivity index (χ2n) is 7.72. The van der Waals surface area contributed by atoms with Crippen LogP contribution in [0.15, 0.2) is 53.3 Å². The SMILES string of the molecule is Cc1ncccc1-c1nnc(C(=O)N2CCc3[nH]cnc3[C@H]2c2cc3cccc(F)n3n2)o1. The molecule has 0 unspecified atom stereocenters. The van der Waals surface area contributed by atoms with Crippen molar-refractivity contribution >= 4 is 11.4 Å². The number of amides is 1. The zero-order valence-corrected chi connectivity index (χ0v) is 17.4. The van der Waals surface area contributed by atoms with Crippen LogP contribution in [-0.2, 0) is 6.42 Å². The normalized spacial score (nSPS) is 15.7. The molecule has 5 aromatic rings. The van der Waals surface area contributed by atoms with Gasteiger partial charge in [-0.1, -0.05) is 6.07 Å². The fourth-order valence-electron chi connectivity index (χ4n) is 4.18. The molecule has 0 saturated carbocycles. The third kappa shape index (κ3) is 3.08. The van der Waals surface area contributed by atoms with E-state index in [9.17, 15) is 9.18 Å². The smallest absolute Gasteiger partial charge is 0.312 e. The van der Waals surface area contributed by atoms with Gasteiger partial charge in [0, 0.05) is 30.6 Å². The Morgan fingerprint density at radius 3 is 2.97 bits per heavy atom. The first kappa shape index (κ1) is 19.3. The average Bonchev–Trinajstić information content (AvgIpc) is 3.57. The number of carbonyl (C=O) groups is 1. The summed E-state index contributed by atoms with van der Waals surface area (Å²) in [6.07, 6.45) is 3.82. The first-order chi connectivity index (χ1) is 16.1. The van der Waals surface area contributed by atoms with Crippen LogP contribution in [0.1, 0.15) is 39.5 Å². The Morgan fingerprint density at radius 1 is 1.21 bits per heavy atom. The first-order valence-electron chi connectivity index (χ1n) is 10.3. The summed E-state index contributed by atoms with van der Waals surface area (Å²) in [4.78, 5) is 26.8. The predicted molar refractivity (Wildman–Crippen MR) is 113 cm³/mol. The van der Waals surface area contributed by atoms with Gasteiger partial charge in [0.15, 0.2) is 0 Å². The minimum atomic E-state index is -0.637. The molecule has 33 heavy (non-hydrogen) atoms. The number of aryl methyl sites for hydroxylation is 1. The predicted octanol–water partition coefficient (Wildman–Crippen LogP) is 2.74. The number of aromatic amines is 1. The number of halogens is 1. The van der Waals surface area contributed by atoms with E-state index in [0.717, 1.165) is 5.69 Å². The van der Waals surface area contributed by atoms with Crippen LogP contribution in [0.4, 0.5) is 4.39 Å². The van der Waals surface area contributed by atoms with Gasteiger partial charge in [0.1, 0.15) is 6.04 Å². The Kier molecular flexibility index (Phi) is 4.28. The number of nitrogens with one attached hydrogen (secondary N) is 1. The lowest BCUT2D eigenvalue weighted by atomic mass is 9.99. The summed E-state index contributed by atoms with van der Waals surface area (Å²) < 4.78 is 21.2. The van der Waals surface area contributed by atoms with E-state index in [4.69, 9.17) is 4.42 Å². The van der Waals surface area contributed by atoms with Crippen molar-refractivity contribution in [1.82, 2.24) is 39.7 Å². The molecule has 0 aliphatic carbocycles. The van der Waals surface area contributed by atoms with Gasteiger partial charge in [-0.2, -0.15) is 9.49 Å². The number of rotatable bonds is 3. The summed E-state index contributed by atoms with van der Waals surface area (Å²) in [5.41, 5.74) is 3.99. The van der Waals surface area contributed by atoms with Gasteiger partial charge in [-0.25, -0.2) is 9.50 Å². The maximum absolute atomic E-state index is 14.3. The van der Waals surface area contributed by atoms with E-state index < -0.39 is 17.9 Å². The minimum absolute atomic E-state index is 0.146. The van der Waals surface area contributed by atoms with Crippen molar-refractivity contribution in [2.45, 2.75) is 19.4 Å². The van der Waals surface area contributed by atoms with Crippen LogP contribution in [0, 0.1) is 12.9 Å². The highest BCUT2D eigenvalue weighted by atomic mass is 19.1. The molecular weight excluding hydrogens is 427 g/mol. The fourth-order valence-corrected chi connectivity index (χ4v) is 4.18. The maximum Gasteiger partial charge on any atom is 0.312 e. The van der Waals surface area contributed by atoms with Crippen molar-refractivity contribution in [2.24, 2.45) is 0 Å². The summed E-state index contributed by atoms with van der Waals surface area (Å²) in [6.45, 7) is 2.20. The van der Waals surface area contributed by atoms with Crippen molar-refractivity contribution < 1.29 is 13.6 Å². The van der Waals surface area contributed by atoms with Gasteiger partial charge in [-0.3, -0.25) is 9.78 Å². The molecule has 1 aliphatic rings. The molecule has 0 spiro atoms. The number of aromatic nitrogens is 7. The highest BCUT2D eigenvalue weighted by molar-refractivity contribution is 5.90. The highest BCUT2D eigenvalue weighted by Crippen LogP contribution is 2.34. The zero-order valence-electron chi connectivity index (χ0n) is 17.4. The van der Waals surface area contributed by atoms with Crippen molar-refractivity contribution in [3.63, 3.8) is 0 Å². The molecule has 5 aromatic heterocycles. The van der Waals surface area contributed by atoms with E-state index in [2.05, 4.69) is 30.2 Å². The molecule has 0 aromatic carbocycles. The number of hydrogen-bond acceptors (Lipinski definition) is 7. The molecule has 0 fully saturated rings. The highest BCUT2D eigenvalue weighted by Gasteiger charge is 2.38. The Balaban J connectivity index is 1.41. The second kappa shape index (κ2) is 7.33. The molecule has 10 nitrogen and oxygen atoms in total. The third-order valence-corrected chi connectivity index (χ3v) is 5.77. The molecular formula is C22H17FN8O2. The van der Waals surface area contributed by atoms with Crippen molar-refractivity contribution in [3.05, 3.63) is 83.5 Å². The van der Waals surface area contributed by atoms with E-state index in [-0.39, 0.29) is 11.8 Å². The fraction of sp³-hybridized carbons (Fsp3) is 0.182. The molecule has 0 bridgehead atoms. The van der Waals surface area contributed by atoms with Crippen LogP contribution in [-0.4, -0.2) is 52.1 Å². The topological polar surface area (TPSA) is 118 Å². The van der Waals surface area contributed by atoms with Crippen LogP contribution < -0.4 is 0 Å². The summed E-state index contributed by atoms with van der Waals surface area (Å²) in [5, 5.41) is 12.5. The molecule has 6 heterocycles. The standard InChI is InChI=1S/C22H17FN8O2/c1-12-14(5-3-8-24-12)20-27-28-21(33-20)22(32)30-9-7-15-18(26-11-25-15)19(30)16-10-13-4-2-6-17(23)31(13)29-16/h2-6,8,10-11,19H,7,9H2,1H3,(H,25,26)/t19-/m1/s1. The summed E-state index contributed by atoms with van der Waals surface area (Å²) in [7, 11) is 0. The molecule has 11 heteroatoms. The maximum atomic E-state index is 14.3. The van der Waals surface area contributed by atoms with E-state index in [1.54, 1.807) is 47.8 Å². The molecule has 0 saturated heterocycles. The summed E-state index contributed by atoms with van der Waals surface area (Å²) >= 11 is 0. The minimum Gasteiger partial charge on any atom is -0.412 e. The second-order valence-corrected chi connectivity index (χ2v) is 7.72. The lowest BCUT2D eigenvalue weighted by Crippen LogP contribution is -2.41. The van der Waals surface area contributed by atoms with Crippen molar-refractivity contribution in [2.75, 3.05) is 6.54 Å². The van der Waals surface area contributed by atoms with Crippen molar-refractivity contribution in [3.8, 4) is 11.5 Å². The Labute approximate surface area is 186 Å². The van der Waals surface area contributed by atoms with Gasteiger partial charge >= 0.3 is 11.8 Å². The van der Waals surface area contributed by atoms with Crippen LogP contribution in [0.25, 0.3) is 17.0 Å². The van der Waals surface area contributed by atoms with Gasteiger partial charge in [0.05, 0.1) is 28.8 Å². The number of hydrogen-bond donors (Lipinski definition) is 1. The van der Waals surface area contributed by atoms with E-state index >= 15 is 0 Å². The summed E-state index contributed by atoms with van der Waals surface area (Å²) in [5.74, 6) is -0.880. The molecule has 1 aliphatic heterocycles. The van der Waals surface area contributed by atoms with Crippen LogP contribution >= 0.6 is 0 Å². The van der Waals surface area contributed by atoms with Crippen LogP contribution in [0.5, 0.6) is 0 Å². The number of nitrogens with zero attached hydrogens (tertiary/aromatic N) is 7. The van der Waals surface area contributed by atoms with Crippen LogP contribution in [0.3, 0.4) is 0 Å². The van der Waals surface area contributed by atoms with Crippen LogP contribution in [0.2, 0.25) is 0 Å². The molecule has 6 rings (SSSR count). The average molecular weight is 444 g/mol. The number of fused-ring (bicyclic) bond motifs is 2. The molecule has 1 N–H and O–H groups in total. The summed E-state index contributed by atoms with van der Waals surface area (Å²) in [6, 6.07) is 9.36. The van der Waals surface area contributed by atoms with Gasteiger partial charge in [-0.15, -0.1) is 10.2 Å². The van der Waals surface area contributed by atoms with Gasteiger partial charge in [-0.05, 0) is 37.3 Å². The van der Waals surface area contributed by atoms with Gasteiger partial charge in [0.2, 0.25) is 11.8 Å². The van der Waals surface area contributed by atoms with Gasteiger partial charge < -0.3 is 14.3 Å². The lowest BCUT2D eigenvalue weighted by Gasteiger charge is -2.32. The zero-order chi connectivity index (χ0) is 22.5. The van der Waals surface area contributed by atoms with Crippen molar-refractivity contribution in [1.29, 1.82) is 0 Å². The lowest BCUT2D eigenvalue weighted by molar-refractivity contribution is 0.0646. The number of carbonyl (C=O) groups excluding carboxylic acids is 1. The van der Waals surface area contributed by atoms with E-state index in [1.807, 2.05) is 6.92 Å². The Bertz CT molecular complexity index is 1500.